The topological polar surface area (TPSA) is 52.6 Å². The number of nitrogens with one attached hydrogen (secondary N) is 1. The third kappa shape index (κ3) is 4.18. The zero-order valence-corrected chi connectivity index (χ0v) is 13.9. The number of aliphatic hydroxyl groups is 1. The van der Waals surface area contributed by atoms with Crippen molar-refractivity contribution < 1.29 is 14.3 Å². The molecule has 2 heterocycles. The molecule has 126 valence electrons. The van der Waals surface area contributed by atoms with Crippen LogP contribution in [-0.4, -0.2) is 41.2 Å². The third-order valence-corrected chi connectivity index (χ3v) is 5.88. The van der Waals surface area contributed by atoms with Gasteiger partial charge in [0.1, 0.15) is 5.82 Å². The molecule has 1 aromatic carbocycles. The van der Waals surface area contributed by atoms with Crippen molar-refractivity contribution in [2.45, 2.75) is 43.6 Å². The first kappa shape index (κ1) is 16.6. The Balaban J connectivity index is 1.57. The van der Waals surface area contributed by atoms with Crippen molar-refractivity contribution in [3.8, 4) is 0 Å². The lowest BCUT2D eigenvalue weighted by Crippen LogP contribution is -2.36. The molecule has 3 rings (SSSR count). The van der Waals surface area contributed by atoms with Gasteiger partial charge in [0.2, 0.25) is 5.91 Å². The zero-order chi connectivity index (χ0) is 16.2. The molecular weight excluding hydrogens is 315 g/mol. The first-order valence-corrected chi connectivity index (χ1v) is 9.29. The summed E-state index contributed by atoms with van der Waals surface area (Å²) in [4.78, 5) is 14.0. The van der Waals surface area contributed by atoms with Crippen LogP contribution in [0.15, 0.2) is 18.2 Å². The monoisotopic (exact) mass is 338 g/mol. The van der Waals surface area contributed by atoms with E-state index in [1.54, 1.807) is 17.8 Å². The number of benzene rings is 1. The van der Waals surface area contributed by atoms with Crippen LogP contribution in [0.1, 0.15) is 31.2 Å². The molecule has 2 fully saturated rings. The zero-order valence-electron chi connectivity index (χ0n) is 13.1. The highest BCUT2D eigenvalue weighted by Gasteiger charge is 2.23. The molecule has 2 aliphatic rings. The number of anilines is 1. The predicted octanol–water partition coefficient (Wildman–Crippen LogP) is 2.30. The minimum atomic E-state index is -0.266. The molecule has 2 saturated heterocycles. The summed E-state index contributed by atoms with van der Waals surface area (Å²) < 4.78 is 14.3. The number of halogens is 1. The number of hydrogen-bond acceptors (Lipinski definition) is 4. The van der Waals surface area contributed by atoms with Crippen LogP contribution in [0.4, 0.5) is 10.1 Å². The van der Waals surface area contributed by atoms with E-state index in [-0.39, 0.29) is 23.1 Å². The van der Waals surface area contributed by atoms with E-state index in [0.29, 0.717) is 38.2 Å². The smallest absolute Gasteiger partial charge is 0.233 e. The van der Waals surface area contributed by atoms with E-state index >= 15 is 0 Å². The summed E-state index contributed by atoms with van der Waals surface area (Å²) in [7, 11) is 0. The summed E-state index contributed by atoms with van der Waals surface area (Å²) in [6.45, 7) is 1.71. The number of nitrogens with zero attached hydrogens (tertiary/aromatic N) is 1. The molecule has 0 aliphatic carbocycles. The highest BCUT2D eigenvalue weighted by atomic mass is 32.2. The Bertz CT molecular complexity index is 556. The molecule has 2 aliphatic heterocycles. The SMILES string of the molecule is O=C(NCc1ccc(N2CCC(O)CC2)c(F)c1)C1CCCS1. The van der Waals surface area contributed by atoms with Gasteiger partial charge < -0.3 is 15.3 Å². The molecule has 23 heavy (non-hydrogen) atoms. The van der Waals surface area contributed by atoms with Crippen LogP contribution in [0.3, 0.4) is 0 Å². The maximum Gasteiger partial charge on any atom is 0.233 e. The number of rotatable bonds is 4. The molecule has 6 heteroatoms. The molecule has 1 unspecified atom stereocenters. The quantitative estimate of drug-likeness (QED) is 0.884. The van der Waals surface area contributed by atoms with E-state index in [1.807, 2.05) is 11.0 Å². The van der Waals surface area contributed by atoms with E-state index in [1.165, 1.54) is 6.07 Å². The van der Waals surface area contributed by atoms with Crippen molar-refractivity contribution in [1.29, 1.82) is 0 Å². The van der Waals surface area contributed by atoms with Gasteiger partial charge in [-0.15, -0.1) is 11.8 Å². The number of amides is 1. The van der Waals surface area contributed by atoms with E-state index in [2.05, 4.69) is 5.32 Å². The third-order valence-electron chi connectivity index (χ3n) is 4.51. The Kier molecular flexibility index (Phi) is 5.43. The fourth-order valence-electron chi connectivity index (χ4n) is 3.11. The van der Waals surface area contributed by atoms with E-state index in [4.69, 9.17) is 0 Å². The highest BCUT2D eigenvalue weighted by molar-refractivity contribution is 8.00. The standard InChI is InChI=1S/C17H23FN2O2S/c18-14-10-12(11-19-17(22)16-2-1-9-23-16)3-4-15(14)20-7-5-13(21)6-8-20/h3-4,10,13,16,21H,1-2,5-9,11H2,(H,19,22). The minimum Gasteiger partial charge on any atom is -0.393 e. The van der Waals surface area contributed by atoms with E-state index in [9.17, 15) is 14.3 Å². The van der Waals surface area contributed by atoms with Crippen LogP contribution in [0, 0.1) is 5.82 Å². The van der Waals surface area contributed by atoms with E-state index in [0.717, 1.165) is 24.2 Å². The Morgan fingerprint density at radius 1 is 1.35 bits per heavy atom. The lowest BCUT2D eigenvalue weighted by Gasteiger charge is -2.31. The molecular formula is C17H23FN2O2S. The fourth-order valence-corrected chi connectivity index (χ4v) is 4.30. The van der Waals surface area contributed by atoms with Gasteiger partial charge in [-0.2, -0.15) is 0 Å². The number of hydrogen-bond donors (Lipinski definition) is 2. The predicted molar refractivity (Wildman–Crippen MR) is 91.2 cm³/mol. The van der Waals surface area contributed by atoms with Crippen LogP contribution in [0.25, 0.3) is 0 Å². The van der Waals surface area contributed by atoms with Crippen molar-refractivity contribution in [2.24, 2.45) is 0 Å². The van der Waals surface area contributed by atoms with Crippen LogP contribution in [-0.2, 0) is 11.3 Å². The first-order valence-electron chi connectivity index (χ1n) is 8.24. The van der Waals surface area contributed by atoms with Crippen molar-refractivity contribution in [2.75, 3.05) is 23.7 Å². The molecule has 0 bridgehead atoms. The number of carbonyl (C=O) groups excluding carboxylic acids is 1. The van der Waals surface area contributed by atoms with Gasteiger partial charge in [-0.05, 0) is 49.1 Å². The molecule has 2 N–H and O–H groups in total. The van der Waals surface area contributed by atoms with Gasteiger partial charge in [-0.1, -0.05) is 6.07 Å². The van der Waals surface area contributed by atoms with Gasteiger partial charge in [0.15, 0.2) is 0 Å². The van der Waals surface area contributed by atoms with Crippen molar-refractivity contribution in [1.82, 2.24) is 5.32 Å². The van der Waals surface area contributed by atoms with Crippen LogP contribution >= 0.6 is 11.8 Å². The lowest BCUT2D eigenvalue weighted by atomic mass is 10.1. The second-order valence-electron chi connectivity index (χ2n) is 6.22. The highest BCUT2D eigenvalue weighted by Crippen LogP contribution is 2.27. The average molecular weight is 338 g/mol. The number of carbonyl (C=O) groups is 1. The van der Waals surface area contributed by atoms with Crippen LogP contribution in [0.2, 0.25) is 0 Å². The van der Waals surface area contributed by atoms with Gasteiger partial charge in [-0.3, -0.25) is 4.79 Å². The molecule has 1 atom stereocenters. The first-order chi connectivity index (χ1) is 11.1. The fraction of sp³-hybridized carbons (Fsp3) is 0.588. The van der Waals surface area contributed by atoms with Gasteiger partial charge in [-0.25, -0.2) is 4.39 Å². The second-order valence-corrected chi connectivity index (χ2v) is 7.53. The Morgan fingerprint density at radius 2 is 2.13 bits per heavy atom. The molecule has 0 saturated carbocycles. The summed E-state index contributed by atoms with van der Waals surface area (Å²) in [5.41, 5.74) is 1.36. The summed E-state index contributed by atoms with van der Waals surface area (Å²) in [5.74, 6) is 0.844. The number of aliphatic hydroxyl groups excluding tert-OH is 1. The lowest BCUT2D eigenvalue weighted by molar-refractivity contribution is -0.120. The van der Waals surface area contributed by atoms with E-state index < -0.39 is 0 Å². The van der Waals surface area contributed by atoms with Crippen LogP contribution in [0.5, 0.6) is 0 Å². The summed E-state index contributed by atoms with van der Waals surface area (Å²) >= 11 is 1.70. The Labute approximate surface area is 140 Å². The molecule has 0 radical (unpaired) electrons. The average Bonchev–Trinajstić information content (AvgIpc) is 3.08. The maximum atomic E-state index is 14.3. The minimum absolute atomic E-state index is 0.0545. The van der Waals surface area contributed by atoms with Gasteiger partial charge >= 0.3 is 0 Å². The van der Waals surface area contributed by atoms with Gasteiger partial charge in [0.05, 0.1) is 17.0 Å². The number of thioether (sulfide) groups is 1. The maximum absolute atomic E-state index is 14.3. The van der Waals surface area contributed by atoms with Crippen molar-refractivity contribution in [3.05, 3.63) is 29.6 Å². The summed E-state index contributed by atoms with van der Waals surface area (Å²) in [6, 6.07) is 5.15. The Morgan fingerprint density at radius 3 is 2.78 bits per heavy atom. The number of piperidine rings is 1. The Hall–Kier alpha value is -1.27. The van der Waals surface area contributed by atoms with Crippen LogP contribution < -0.4 is 10.2 Å². The molecule has 1 aromatic rings. The largest absolute Gasteiger partial charge is 0.393 e. The summed E-state index contributed by atoms with van der Waals surface area (Å²) in [6.07, 6.45) is 3.12. The van der Waals surface area contributed by atoms with Crippen molar-refractivity contribution >= 4 is 23.4 Å². The van der Waals surface area contributed by atoms with Gasteiger partial charge in [0, 0.05) is 19.6 Å². The molecule has 1 amide bonds. The van der Waals surface area contributed by atoms with Crippen molar-refractivity contribution in [3.63, 3.8) is 0 Å². The molecule has 4 nitrogen and oxygen atoms in total. The summed E-state index contributed by atoms with van der Waals surface area (Å²) in [5, 5.41) is 12.5. The second kappa shape index (κ2) is 7.53. The molecule has 0 spiro atoms. The molecule has 0 aromatic heterocycles. The van der Waals surface area contributed by atoms with Gasteiger partial charge in [0.25, 0.3) is 0 Å². The normalized spacial score (nSPS) is 22.3.